The van der Waals surface area contributed by atoms with Crippen molar-refractivity contribution in [3.05, 3.63) is 48.5 Å². The van der Waals surface area contributed by atoms with Gasteiger partial charge in [0.25, 0.3) is 0 Å². The second-order valence-corrected chi connectivity index (χ2v) is 5.36. The van der Waals surface area contributed by atoms with E-state index < -0.39 is 0 Å². The standard InChI is InChI=1S/C16H20N6O/c1-3-14-18-8-9-22(14)11-12(2)19-10-15-20-16(21-23-15)13-6-4-5-7-17-13/h4-9,12,19H,3,10-11H2,1-2H3. The summed E-state index contributed by atoms with van der Waals surface area (Å²) in [5, 5.41) is 7.35. The molecule has 1 unspecified atom stereocenters. The predicted molar refractivity (Wildman–Crippen MR) is 85.4 cm³/mol. The van der Waals surface area contributed by atoms with E-state index in [9.17, 15) is 0 Å². The van der Waals surface area contributed by atoms with Crippen LogP contribution in [0.5, 0.6) is 0 Å². The third kappa shape index (κ3) is 3.81. The van der Waals surface area contributed by atoms with Gasteiger partial charge in [0.1, 0.15) is 11.5 Å². The third-order valence-corrected chi connectivity index (χ3v) is 3.55. The fraction of sp³-hybridized carbons (Fsp3) is 0.375. The van der Waals surface area contributed by atoms with Gasteiger partial charge in [-0.2, -0.15) is 4.98 Å². The Morgan fingerprint density at radius 2 is 2.17 bits per heavy atom. The normalized spacial score (nSPS) is 12.4. The maximum atomic E-state index is 5.27. The van der Waals surface area contributed by atoms with E-state index in [0.717, 1.165) is 18.8 Å². The Morgan fingerprint density at radius 3 is 2.96 bits per heavy atom. The molecule has 0 spiro atoms. The molecule has 120 valence electrons. The number of rotatable bonds is 7. The summed E-state index contributed by atoms with van der Waals surface area (Å²) < 4.78 is 7.42. The van der Waals surface area contributed by atoms with Gasteiger partial charge in [-0.15, -0.1) is 0 Å². The van der Waals surface area contributed by atoms with Crippen molar-refractivity contribution in [1.82, 2.24) is 30.0 Å². The smallest absolute Gasteiger partial charge is 0.240 e. The molecule has 0 aliphatic rings. The number of imidazole rings is 1. The first kappa shape index (κ1) is 15.4. The van der Waals surface area contributed by atoms with E-state index in [0.29, 0.717) is 24.0 Å². The Bertz CT molecular complexity index is 736. The first-order chi connectivity index (χ1) is 11.3. The molecule has 23 heavy (non-hydrogen) atoms. The Labute approximate surface area is 134 Å². The summed E-state index contributed by atoms with van der Waals surface area (Å²) in [5.74, 6) is 2.16. The van der Waals surface area contributed by atoms with Crippen molar-refractivity contribution in [2.45, 2.75) is 39.4 Å². The molecule has 3 aromatic heterocycles. The number of hydrogen-bond acceptors (Lipinski definition) is 6. The molecule has 0 amide bonds. The predicted octanol–water partition coefficient (Wildman–Crippen LogP) is 2.07. The van der Waals surface area contributed by atoms with Crippen LogP contribution in [-0.4, -0.2) is 30.7 Å². The average Bonchev–Trinajstić information content (AvgIpc) is 3.23. The highest BCUT2D eigenvalue weighted by Crippen LogP contribution is 2.11. The lowest BCUT2D eigenvalue weighted by atomic mass is 10.3. The Balaban J connectivity index is 1.55. The van der Waals surface area contributed by atoms with Crippen LogP contribution in [0, 0.1) is 0 Å². The Hall–Kier alpha value is -2.54. The molecule has 0 bridgehead atoms. The summed E-state index contributed by atoms with van der Waals surface area (Å²) in [4.78, 5) is 12.9. The van der Waals surface area contributed by atoms with Crippen LogP contribution in [0.1, 0.15) is 25.6 Å². The molecule has 0 saturated heterocycles. The molecule has 3 rings (SSSR count). The van der Waals surface area contributed by atoms with Gasteiger partial charge in [-0.1, -0.05) is 18.1 Å². The second-order valence-electron chi connectivity index (χ2n) is 5.36. The van der Waals surface area contributed by atoms with Crippen molar-refractivity contribution in [3.8, 4) is 11.5 Å². The van der Waals surface area contributed by atoms with Crippen molar-refractivity contribution >= 4 is 0 Å². The van der Waals surface area contributed by atoms with Gasteiger partial charge in [0.2, 0.25) is 11.7 Å². The average molecular weight is 312 g/mol. The maximum absolute atomic E-state index is 5.27. The lowest BCUT2D eigenvalue weighted by molar-refractivity contribution is 0.352. The molecular weight excluding hydrogens is 292 g/mol. The second kappa shape index (κ2) is 7.15. The van der Waals surface area contributed by atoms with E-state index in [1.165, 1.54) is 0 Å². The Kier molecular flexibility index (Phi) is 4.77. The van der Waals surface area contributed by atoms with E-state index in [2.05, 4.69) is 43.8 Å². The van der Waals surface area contributed by atoms with E-state index in [-0.39, 0.29) is 6.04 Å². The van der Waals surface area contributed by atoms with E-state index in [1.54, 1.807) is 6.20 Å². The van der Waals surface area contributed by atoms with E-state index >= 15 is 0 Å². The van der Waals surface area contributed by atoms with Gasteiger partial charge in [-0.25, -0.2) is 4.98 Å². The van der Waals surface area contributed by atoms with Crippen LogP contribution < -0.4 is 5.32 Å². The zero-order chi connectivity index (χ0) is 16.1. The zero-order valence-electron chi connectivity index (χ0n) is 13.3. The number of pyridine rings is 1. The van der Waals surface area contributed by atoms with Crippen LogP contribution in [0.2, 0.25) is 0 Å². The molecule has 7 nitrogen and oxygen atoms in total. The highest BCUT2D eigenvalue weighted by Gasteiger charge is 2.11. The molecule has 0 aliphatic carbocycles. The van der Waals surface area contributed by atoms with E-state index in [1.807, 2.05) is 30.6 Å². The fourth-order valence-corrected chi connectivity index (χ4v) is 2.37. The fourth-order valence-electron chi connectivity index (χ4n) is 2.37. The highest BCUT2D eigenvalue weighted by molar-refractivity contribution is 5.46. The minimum Gasteiger partial charge on any atom is -0.337 e. The van der Waals surface area contributed by atoms with Gasteiger partial charge in [-0.3, -0.25) is 4.98 Å². The van der Waals surface area contributed by atoms with Crippen molar-refractivity contribution in [3.63, 3.8) is 0 Å². The van der Waals surface area contributed by atoms with Crippen molar-refractivity contribution in [2.24, 2.45) is 0 Å². The summed E-state index contributed by atoms with van der Waals surface area (Å²) in [6.07, 6.45) is 6.48. The van der Waals surface area contributed by atoms with E-state index in [4.69, 9.17) is 4.52 Å². The molecule has 3 heterocycles. The van der Waals surface area contributed by atoms with Gasteiger partial charge in [0.15, 0.2) is 0 Å². The SMILES string of the molecule is CCc1nccn1CC(C)NCc1nc(-c2ccccn2)no1. The Morgan fingerprint density at radius 1 is 1.26 bits per heavy atom. The number of nitrogens with one attached hydrogen (secondary N) is 1. The molecule has 0 fully saturated rings. The number of hydrogen-bond donors (Lipinski definition) is 1. The molecular formula is C16H20N6O. The summed E-state index contributed by atoms with van der Waals surface area (Å²) in [6, 6.07) is 5.87. The van der Waals surface area contributed by atoms with Gasteiger partial charge < -0.3 is 14.4 Å². The first-order valence-corrected chi connectivity index (χ1v) is 7.73. The number of aromatic nitrogens is 5. The van der Waals surface area contributed by atoms with Gasteiger partial charge in [0, 0.05) is 37.6 Å². The molecule has 0 radical (unpaired) electrons. The van der Waals surface area contributed by atoms with Gasteiger partial charge >= 0.3 is 0 Å². The lowest BCUT2D eigenvalue weighted by Crippen LogP contribution is -2.30. The quantitative estimate of drug-likeness (QED) is 0.719. The third-order valence-electron chi connectivity index (χ3n) is 3.55. The largest absolute Gasteiger partial charge is 0.337 e. The monoisotopic (exact) mass is 312 g/mol. The van der Waals surface area contributed by atoms with Crippen LogP contribution in [0.3, 0.4) is 0 Å². The van der Waals surface area contributed by atoms with Crippen molar-refractivity contribution in [1.29, 1.82) is 0 Å². The molecule has 1 atom stereocenters. The van der Waals surface area contributed by atoms with Gasteiger partial charge in [-0.05, 0) is 19.1 Å². The molecule has 0 saturated carbocycles. The minimum atomic E-state index is 0.264. The molecule has 3 aromatic rings. The van der Waals surface area contributed by atoms with Gasteiger partial charge in [0.05, 0.1) is 6.54 Å². The highest BCUT2D eigenvalue weighted by atomic mass is 16.5. The van der Waals surface area contributed by atoms with Crippen LogP contribution in [0.25, 0.3) is 11.5 Å². The van der Waals surface area contributed by atoms with Crippen LogP contribution in [0.4, 0.5) is 0 Å². The minimum absolute atomic E-state index is 0.264. The molecule has 0 aromatic carbocycles. The van der Waals surface area contributed by atoms with Crippen LogP contribution >= 0.6 is 0 Å². The lowest BCUT2D eigenvalue weighted by Gasteiger charge is -2.14. The molecule has 7 heteroatoms. The summed E-state index contributed by atoms with van der Waals surface area (Å²) in [5.41, 5.74) is 0.710. The number of nitrogens with zero attached hydrogens (tertiary/aromatic N) is 5. The van der Waals surface area contributed by atoms with Crippen molar-refractivity contribution < 1.29 is 4.52 Å². The maximum Gasteiger partial charge on any atom is 0.240 e. The zero-order valence-corrected chi connectivity index (χ0v) is 13.3. The topological polar surface area (TPSA) is 81.7 Å². The first-order valence-electron chi connectivity index (χ1n) is 7.73. The van der Waals surface area contributed by atoms with Crippen LogP contribution in [-0.2, 0) is 19.5 Å². The van der Waals surface area contributed by atoms with Crippen LogP contribution in [0.15, 0.2) is 41.3 Å². The number of aryl methyl sites for hydroxylation is 1. The summed E-state index contributed by atoms with van der Waals surface area (Å²) >= 11 is 0. The summed E-state index contributed by atoms with van der Waals surface area (Å²) in [6.45, 7) is 5.60. The molecule has 1 N–H and O–H groups in total. The van der Waals surface area contributed by atoms with Crippen molar-refractivity contribution in [2.75, 3.05) is 0 Å². The molecule has 0 aliphatic heterocycles. The summed E-state index contributed by atoms with van der Waals surface area (Å²) in [7, 11) is 0.